The third-order valence-electron chi connectivity index (χ3n) is 5.72. The standard InChI is InChI=1S/C21H27ClN4O5/c1-15-13-23(6-7-25(15)21(29)31-26-19(27)4-5-20(26)28)14-16-2-3-17(12-18(16)22)24-8-10-30-11-9-24/h2-5,12,15,27-28H,6-11,13-14H2,1H3/t15-/m1/s1. The van der Waals surface area contributed by atoms with Crippen molar-refractivity contribution in [3.8, 4) is 11.8 Å². The molecule has 1 amide bonds. The predicted molar refractivity (Wildman–Crippen MR) is 116 cm³/mol. The van der Waals surface area contributed by atoms with Crippen molar-refractivity contribution in [2.24, 2.45) is 0 Å². The molecule has 2 aliphatic rings. The lowest BCUT2D eigenvalue weighted by molar-refractivity contribution is 0.0357. The average molecular weight is 451 g/mol. The van der Waals surface area contributed by atoms with Gasteiger partial charge in [0.1, 0.15) is 0 Å². The third kappa shape index (κ3) is 4.84. The second-order valence-electron chi connectivity index (χ2n) is 7.85. The van der Waals surface area contributed by atoms with Gasteiger partial charge in [0.05, 0.1) is 13.2 Å². The number of benzene rings is 1. The van der Waals surface area contributed by atoms with Gasteiger partial charge in [-0.1, -0.05) is 17.7 Å². The SMILES string of the molecule is C[C@@H]1CN(Cc2ccc(N3CCOCC3)cc2Cl)CCN1C(=O)On1c(O)ccc1O. The van der Waals surface area contributed by atoms with Gasteiger partial charge in [-0.15, -0.1) is 4.73 Å². The first-order chi connectivity index (χ1) is 14.9. The number of morpholine rings is 1. The Hall–Kier alpha value is -2.62. The zero-order valence-electron chi connectivity index (χ0n) is 17.4. The Morgan fingerprint density at radius 2 is 1.84 bits per heavy atom. The molecule has 0 aliphatic carbocycles. The number of halogens is 1. The summed E-state index contributed by atoms with van der Waals surface area (Å²) >= 11 is 6.57. The number of amides is 1. The maximum absolute atomic E-state index is 12.5. The summed E-state index contributed by atoms with van der Waals surface area (Å²) in [6.45, 7) is 7.59. The van der Waals surface area contributed by atoms with Gasteiger partial charge in [-0.2, -0.15) is 0 Å². The third-order valence-corrected chi connectivity index (χ3v) is 6.07. The minimum Gasteiger partial charge on any atom is -0.492 e. The molecule has 1 aromatic carbocycles. The maximum Gasteiger partial charge on any atom is 0.435 e. The summed E-state index contributed by atoms with van der Waals surface area (Å²) in [6, 6.07) is 8.56. The highest BCUT2D eigenvalue weighted by Crippen LogP contribution is 2.26. The van der Waals surface area contributed by atoms with Crippen LogP contribution in [0.1, 0.15) is 12.5 Å². The van der Waals surface area contributed by atoms with E-state index in [1.165, 1.54) is 12.1 Å². The molecule has 0 saturated carbocycles. The fourth-order valence-electron chi connectivity index (χ4n) is 4.00. The molecule has 1 atom stereocenters. The van der Waals surface area contributed by atoms with E-state index in [4.69, 9.17) is 21.2 Å². The molecule has 2 N–H and O–H groups in total. The zero-order chi connectivity index (χ0) is 22.0. The molecule has 2 fully saturated rings. The van der Waals surface area contributed by atoms with Crippen LogP contribution in [0.2, 0.25) is 5.02 Å². The molecule has 3 heterocycles. The molecule has 2 aliphatic heterocycles. The number of carbonyl (C=O) groups excluding carboxylic acids is 1. The van der Waals surface area contributed by atoms with Crippen molar-refractivity contribution < 1.29 is 24.6 Å². The first-order valence-electron chi connectivity index (χ1n) is 10.3. The van der Waals surface area contributed by atoms with E-state index in [2.05, 4.69) is 21.9 Å². The van der Waals surface area contributed by atoms with Crippen LogP contribution in [0, 0.1) is 0 Å². The Labute approximate surface area is 185 Å². The normalized spacial score (nSPS) is 20.1. The van der Waals surface area contributed by atoms with Crippen LogP contribution in [0.5, 0.6) is 11.8 Å². The lowest BCUT2D eigenvalue weighted by Crippen LogP contribution is -2.55. The molecule has 0 spiro atoms. The number of nitrogens with zero attached hydrogens (tertiary/aromatic N) is 4. The lowest BCUT2D eigenvalue weighted by Gasteiger charge is -2.39. The number of hydrogen-bond donors (Lipinski definition) is 2. The van der Waals surface area contributed by atoms with Crippen molar-refractivity contribution in [1.29, 1.82) is 0 Å². The van der Waals surface area contributed by atoms with Crippen LogP contribution in [-0.2, 0) is 11.3 Å². The van der Waals surface area contributed by atoms with Gasteiger partial charge in [0.2, 0.25) is 11.8 Å². The van der Waals surface area contributed by atoms with Crippen LogP contribution in [0.25, 0.3) is 0 Å². The van der Waals surface area contributed by atoms with Crippen LogP contribution in [0.3, 0.4) is 0 Å². The van der Waals surface area contributed by atoms with Gasteiger partial charge in [0, 0.05) is 68.2 Å². The monoisotopic (exact) mass is 450 g/mol. The van der Waals surface area contributed by atoms with E-state index in [-0.39, 0.29) is 17.8 Å². The molecule has 168 valence electrons. The Morgan fingerprint density at radius 1 is 1.13 bits per heavy atom. The van der Waals surface area contributed by atoms with Crippen molar-refractivity contribution >= 4 is 23.4 Å². The van der Waals surface area contributed by atoms with Crippen molar-refractivity contribution in [2.45, 2.75) is 19.5 Å². The number of aromatic nitrogens is 1. The van der Waals surface area contributed by atoms with E-state index < -0.39 is 6.09 Å². The quantitative estimate of drug-likeness (QED) is 0.737. The highest BCUT2D eigenvalue weighted by Gasteiger charge is 2.30. The number of aromatic hydroxyl groups is 2. The molecule has 4 rings (SSSR count). The Morgan fingerprint density at radius 3 is 2.48 bits per heavy atom. The molecule has 2 saturated heterocycles. The molecular weight excluding hydrogens is 424 g/mol. The number of rotatable bonds is 4. The van der Waals surface area contributed by atoms with Gasteiger partial charge in [-0.3, -0.25) is 4.90 Å². The summed E-state index contributed by atoms with van der Waals surface area (Å²) < 4.78 is 6.11. The van der Waals surface area contributed by atoms with Gasteiger partial charge in [-0.05, 0) is 24.6 Å². The Balaban J connectivity index is 1.34. The number of anilines is 1. The van der Waals surface area contributed by atoms with Crippen LogP contribution >= 0.6 is 11.6 Å². The molecule has 2 aromatic rings. The van der Waals surface area contributed by atoms with Crippen molar-refractivity contribution in [3.63, 3.8) is 0 Å². The highest BCUT2D eigenvalue weighted by atomic mass is 35.5. The van der Waals surface area contributed by atoms with Crippen LogP contribution in [0.15, 0.2) is 30.3 Å². The second-order valence-corrected chi connectivity index (χ2v) is 8.26. The fourth-order valence-corrected chi connectivity index (χ4v) is 4.23. The van der Waals surface area contributed by atoms with Crippen molar-refractivity contribution in [1.82, 2.24) is 14.5 Å². The van der Waals surface area contributed by atoms with Gasteiger partial charge in [0.15, 0.2) is 0 Å². The summed E-state index contributed by atoms with van der Waals surface area (Å²) in [7, 11) is 0. The van der Waals surface area contributed by atoms with E-state index >= 15 is 0 Å². The summed E-state index contributed by atoms with van der Waals surface area (Å²) in [4.78, 5) is 23.7. The molecule has 0 bridgehead atoms. The van der Waals surface area contributed by atoms with E-state index in [9.17, 15) is 15.0 Å². The summed E-state index contributed by atoms with van der Waals surface area (Å²) in [6.07, 6.45) is -0.623. The van der Waals surface area contributed by atoms with Gasteiger partial charge < -0.3 is 29.6 Å². The Kier molecular flexibility index (Phi) is 6.45. The first-order valence-corrected chi connectivity index (χ1v) is 10.7. The second kappa shape index (κ2) is 9.25. The summed E-state index contributed by atoms with van der Waals surface area (Å²) in [5.41, 5.74) is 2.15. The zero-order valence-corrected chi connectivity index (χ0v) is 18.2. The van der Waals surface area contributed by atoms with Gasteiger partial charge >= 0.3 is 6.09 Å². The first kappa shape index (κ1) is 21.6. The number of hydrogen-bond acceptors (Lipinski definition) is 7. The molecule has 9 nitrogen and oxygen atoms in total. The van der Waals surface area contributed by atoms with Crippen LogP contribution in [0.4, 0.5) is 10.5 Å². The smallest absolute Gasteiger partial charge is 0.435 e. The minimum atomic E-state index is -0.623. The molecular formula is C21H27ClN4O5. The Bertz CT molecular complexity index is 911. The predicted octanol–water partition coefficient (Wildman–Crippen LogP) is 2.14. The molecule has 31 heavy (non-hydrogen) atoms. The van der Waals surface area contributed by atoms with Crippen LogP contribution in [-0.4, -0.2) is 82.8 Å². The lowest BCUT2D eigenvalue weighted by atomic mass is 10.1. The molecule has 0 radical (unpaired) electrons. The van der Waals surface area contributed by atoms with Crippen molar-refractivity contribution in [3.05, 3.63) is 40.9 Å². The number of piperazine rings is 1. The molecule has 1 aromatic heterocycles. The molecule has 0 unspecified atom stereocenters. The average Bonchev–Trinajstić information content (AvgIpc) is 3.08. The summed E-state index contributed by atoms with van der Waals surface area (Å²) in [5.74, 6) is -0.681. The topological polar surface area (TPSA) is 90.6 Å². The maximum atomic E-state index is 12.5. The van der Waals surface area contributed by atoms with Gasteiger partial charge in [-0.25, -0.2) is 4.79 Å². The van der Waals surface area contributed by atoms with E-state index in [1.807, 2.05) is 13.0 Å². The largest absolute Gasteiger partial charge is 0.492 e. The van der Waals surface area contributed by atoms with E-state index in [0.29, 0.717) is 30.9 Å². The summed E-state index contributed by atoms with van der Waals surface area (Å²) in [5, 5.41) is 20.0. The van der Waals surface area contributed by atoms with Gasteiger partial charge in [0.25, 0.3) is 0 Å². The van der Waals surface area contributed by atoms with Crippen LogP contribution < -0.4 is 9.74 Å². The highest BCUT2D eigenvalue weighted by molar-refractivity contribution is 6.31. The molecule has 10 heteroatoms. The fraction of sp³-hybridized carbons (Fsp3) is 0.476. The van der Waals surface area contributed by atoms with E-state index in [1.54, 1.807) is 4.90 Å². The van der Waals surface area contributed by atoms with E-state index in [0.717, 1.165) is 42.6 Å². The van der Waals surface area contributed by atoms with Crippen molar-refractivity contribution in [2.75, 3.05) is 50.8 Å². The number of ether oxygens (including phenoxy) is 1. The number of carbonyl (C=O) groups is 1. The minimum absolute atomic E-state index is 0.104.